The van der Waals surface area contributed by atoms with Crippen molar-refractivity contribution in [1.29, 1.82) is 0 Å². The highest BCUT2D eigenvalue weighted by atomic mass is 79.9. The van der Waals surface area contributed by atoms with Gasteiger partial charge in [-0.3, -0.25) is 4.48 Å². The third-order valence-corrected chi connectivity index (χ3v) is 3.58. The van der Waals surface area contributed by atoms with Gasteiger partial charge in [0.25, 0.3) is 0 Å². The van der Waals surface area contributed by atoms with Gasteiger partial charge in [0.15, 0.2) is 0 Å². The smallest absolute Gasteiger partial charge is 0.421 e. The summed E-state index contributed by atoms with van der Waals surface area (Å²) < 4.78 is 40.2. The molecule has 0 fully saturated rings. The minimum absolute atomic E-state index is 0. The van der Waals surface area contributed by atoms with Crippen LogP contribution in [0.2, 0.25) is 0 Å². The van der Waals surface area contributed by atoms with Gasteiger partial charge >= 0.3 is 6.05 Å². The Kier molecular flexibility index (Phi) is 12.3. The average Bonchev–Trinajstić information content (AvgIpc) is 2.30. The zero-order valence-electron chi connectivity index (χ0n) is 13.4. The highest BCUT2D eigenvalue weighted by Gasteiger charge is 2.52. The van der Waals surface area contributed by atoms with Crippen molar-refractivity contribution in [1.82, 2.24) is 0 Å². The van der Waals surface area contributed by atoms with Gasteiger partial charge in [0, 0.05) is 0 Å². The van der Waals surface area contributed by atoms with Gasteiger partial charge in [-0.05, 0) is 6.42 Å². The molecule has 0 aliphatic heterocycles. The predicted molar refractivity (Wildman–Crippen MR) is 75.1 cm³/mol. The van der Waals surface area contributed by atoms with Crippen LogP contribution in [0.25, 0.3) is 0 Å². The van der Waals surface area contributed by atoms with E-state index in [1.165, 1.54) is 46.8 Å². The Morgan fingerprint density at radius 1 is 0.850 bits per heavy atom. The van der Waals surface area contributed by atoms with E-state index in [0.29, 0.717) is 6.42 Å². The average molecular weight is 362 g/mol. The van der Waals surface area contributed by atoms with Gasteiger partial charge in [0.05, 0.1) is 21.1 Å². The monoisotopic (exact) mass is 361 g/mol. The first-order valence-electron chi connectivity index (χ1n) is 7.57. The fourth-order valence-corrected chi connectivity index (χ4v) is 2.05. The van der Waals surface area contributed by atoms with Crippen molar-refractivity contribution in [2.45, 2.75) is 76.9 Å². The fourth-order valence-electron chi connectivity index (χ4n) is 2.05. The van der Waals surface area contributed by atoms with Gasteiger partial charge in [-0.15, -0.1) is 8.78 Å². The van der Waals surface area contributed by atoms with Crippen LogP contribution in [0.5, 0.6) is 0 Å². The third kappa shape index (κ3) is 8.50. The summed E-state index contributed by atoms with van der Waals surface area (Å²) in [6, 6.07) is -3.29. The number of nitrogens with zero attached hydrogens (tertiary/aromatic N) is 1. The highest BCUT2D eigenvalue weighted by molar-refractivity contribution is 4.67. The Morgan fingerprint density at radius 2 is 1.25 bits per heavy atom. The van der Waals surface area contributed by atoms with Gasteiger partial charge in [0.2, 0.25) is 6.17 Å². The summed E-state index contributed by atoms with van der Waals surface area (Å²) in [5.41, 5.74) is 0. The topological polar surface area (TPSA) is 0 Å². The van der Waals surface area contributed by atoms with E-state index in [-0.39, 0.29) is 23.4 Å². The molecule has 0 aromatic carbocycles. The first-order valence-corrected chi connectivity index (χ1v) is 7.57. The quantitative estimate of drug-likeness (QED) is 0.300. The molecule has 5 heteroatoms. The second-order valence-electron chi connectivity index (χ2n) is 6.33. The van der Waals surface area contributed by atoms with Crippen LogP contribution in [0.4, 0.5) is 13.2 Å². The van der Waals surface area contributed by atoms with E-state index in [0.717, 1.165) is 19.3 Å². The summed E-state index contributed by atoms with van der Waals surface area (Å²) in [6.45, 7) is 2.18. The molecule has 0 rings (SSSR count). The lowest BCUT2D eigenvalue weighted by atomic mass is 10.0. The van der Waals surface area contributed by atoms with Gasteiger partial charge < -0.3 is 17.0 Å². The van der Waals surface area contributed by atoms with Gasteiger partial charge in [-0.2, -0.15) is 0 Å². The third-order valence-electron chi connectivity index (χ3n) is 3.58. The second-order valence-corrected chi connectivity index (χ2v) is 6.33. The largest absolute Gasteiger partial charge is 1.00 e. The van der Waals surface area contributed by atoms with Gasteiger partial charge in [0.1, 0.15) is 0 Å². The number of halogens is 4. The van der Waals surface area contributed by atoms with Crippen LogP contribution in [0.1, 0.15) is 64.7 Å². The first kappa shape index (κ1) is 22.5. The minimum Gasteiger partial charge on any atom is -1.00 e. The second kappa shape index (κ2) is 10.9. The number of quaternary nitrogens is 1. The molecule has 0 N–H and O–H groups in total. The summed E-state index contributed by atoms with van der Waals surface area (Å²) in [6.07, 6.45) is 6.49. The Hall–Kier alpha value is 0.230. The summed E-state index contributed by atoms with van der Waals surface area (Å²) in [7, 11) is 4.00. The number of hydrogen-bond donors (Lipinski definition) is 0. The van der Waals surface area contributed by atoms with Crippen molar-refractivity contribution in [3.05, 3.63) is 0 Å². The molecular formula is C15H31BrF3N. The molecular weight excluding hydrogens is 331 g/mol. The molecule has 0 spiro atoms. The van der Waals surface area contributed by atoms with Crippen LogP contribution >= 0.6 is 0 Å². The minimum atomic E-state index is -3.29. The molecule has 0 radical (unpaired) electrons. The van der Waals surface area contributed by atoms with Crippen LogP contribution in [0, 0.1) is 0 Å². The molecule has 0 amide bonds. The lowest BCUT2D eigenvalue weighted by molar-refractivity contribution is -0.964. The summed E-state index contributed by atoms with van der Waals surface area (Å²) in [4.78, 5) is 0. The van der Waals surface area contributed by atoms with Crippen molar-refractivity contribution in [2.24, 2.45) is 0 Å². The van der Waals surface area contributed by atoms with E-state index < -0.39 is 16.7 Å². The molecule has 1 nitrogen and oxygen atoms in total. The van der Waals surface area contributed by atoms with E-state index in [4.69, 9.17) is 0 Å². The molecule has 0 saturated heterocycles. The molecule has 1 unspecified atom stereocenters. The van der Waals surface area contributed by atoms with E-state index in [1.54, 1.807) is 0 Å². The van der Waals surface area contributed by atoms with Crippen LogP contribution in [0.3, 0.4) is 0 Å². The summed E-state index contributed by atoms with van der Waals surface area (Å²) in [5, 5.41) is 0. The molecule has 0 saturated carbocycles. The van der Waals surface area contributed by atoms with Crippen molar-refractivity contribution >= 4 is 0 Å². The van der Waals surface area contributed by atoms with E-state index in [1.807, 2.05) is 0 Å². The molecule has 0 aliphatic carbocycles. The van der Waals surface area contributed by atoms with Gasteiger partial charge in [-0.1, -0.05) is 58.3 Å². The van der Waals surface area contributed by atoms with Crippen LogP contribution in [-0.2, 0) is 0 Å². The van der Waals surface area contributed by atoms with Crippen LogP contribution in [0.15, 0.2) is 0 Å². The molecule has 0 aromatic rings. The zero-order chi connectivity index (χ0) is 14.9. The first-order chi connectivity index (χ1) is 8.73. The Balaban J connectivity index is 0. The summed E-state index contributed by atoms with van der Waals surface area (Å²) in [5.74, 6) is 0. The molecule has 0 bridgehead atoms. The molecule has 20 heavy (non-hydrogen) atoms. The summed E-state index contributed by atoms with van der Waals surface area (Å²) >= 11 is 0. The number of rotatable bonds is 11. The van der Waals surface area contributed by atoms with Crippen LogP contribution < -0.4 is 17.0 Å². The maximum absolute atomic E-state index is 13.6. The highest BCUT2D eigenvalue weighted by Crippen LogP contribution is 2.31. The SMILES string of the molecule is CCCCCCCCCCC(F)C(F)(F)[N+](C)(C)C.[Br-]. The maximum Gasteiger partial charge on any atom is 0.421 e. The van der Waals surface area contributed by atoms with Crippen molar-refractivity contribution in [3.8, 4) is 0 Å². The Morgan fingerprint density at radius 3 is 1.65 bits per heavy atom. The Bertz CT molecular complexity index is 230. The van der Waals surface area contributed by atoms with Crippen molar-refractivity contribution < 1.29 is 34.6 Å². The molecule has 1 atom stereocenters. The number of alkyl halides is 3. The fraction of sp³-hybridized carbons (Fsp3) is 1.00. The molecule has 0 heterocycles. The lowest BCUT2D eigenvalue weighted by Gasteiger charge is -2.34. The van der Waals surface area contributed by atoms with Crippen molar-refractivity contribution in [3.63, 3.8) is 0 Å². The molecule has 0 aliphatic rings. The van der Waals surface area contributed by atoms with E-state index >= 15 is 0 Å². The zero-order valence-corrected chi connectivity index (χ0v) is 15.0. The standard InChI is InChI=1S/C15H31F3N.BrH/c1-5-6-7-8-9-10-11-12-13-14(16)15(17,18)19(2,3)4;/h14H,5-13H2,1-4H3;1H/q+1;/p-1. The predicted octanol–water partition coefficient (Wildman–Crippen LogP) is 2.16. The van der Waals surface area contributed by atoms with Gasteiger partial charge in [-0.25, -0.2) is 4.39 Å². The maximum atomic E-state index is 13.6. The lowest BCUT2D eigenvalue weighted by Crippen LogP contribution is -3.00. The molecule has 0 aromatic heterocycles. The van der Waals surface area contributed by atoms with E-state index in [2.05, 4.69) is 6.92 Å². The number of hydrogen-bond acceptors (Lipinski definition) is 0. The van der Waals surface area contributed by atoms with Crippen LogP contribution in [-0.4, -0.2) is 37.8 Å². The van der Waals surface area contributed by atoms with Crippen molar-refractivity contribution in [2.75, 3.05) is 21.1 Å². The Labute approximate surface area is 133 Å². The van der Waals surface area contributed by atoms with E-state index in [9.17, 15) is 13.2 Å². The number of unbranched alkanes of at least 4 members (excludes halogenated alkanes) is 7. The normalized spacial score (nSPS) is 13.9. The molecule has 124 valence electrons.